The Kier molecular flexibility index (Phi) is 16.1. The topological polar surface area (TPSA) is 0 Å². The van der Waals surface area contributed by atoms with E-state index in [1.54, 1.807) is 0 Å². The summed E-state index contributed by atoms with van der Waals surface area (Å²) in [7, 11) is 0. The molecule has 2 aromatic carbocycles. The zero-order valence-corrected chi connectivity index (χ0v) is 12.8. The standard InChI is InChI=1S/C12H10.3C2H6/c1-3-7-11(8-4-1)12-9-5-2-6-10-12;3*1-2/h1-10H;3*1-2H3. The van der Waals surface area contributed by atoms with E-state index in [1.165, 1.54) is 11.1 Å². The van der Waals surface area contributed by atoms with E-state index in [9.17, 15) is 0 Å². The molecule has 0 saturated heterocycles. The van der Waals surface area contributed by atoms with Crippen LogP contribution in [0.25, 0.3) is 11.1 Å². The molecule has 0 aromatic heterocycles. The molecule has 0 heteroatoms. The Hall–Kier alpha value is -1.56. The Morgan fingerprint density at radius 2 is 0.611 bits per heavy atom. The van der Waals surface area contributed by atoms with Gasteiger partial charge in [0.2, 0.25) is 0 Å². The lowest BCUT2D eigenvalue weighted by Crippen LogP contribution is -1.73. The number of rotatable bonds is 1. The lowest BCUT2D eigenvalue weighted by atomic mass is 10.1. The van der Waals surface area contributed by atoms with Crippen LogP contribution in [0.15, 0.2) is 60.7 Å². The summed E-state index contributed by atoms with van der Waals surface area (Å²) in [6, 6.07) is 20.8. The highest BCUT2D eigenvalue weighted by Gasteiger charge is 1.91. The third-order valence-corrected chi connectivity index (χ3v) is 1.88. The van der Waals surface area contributed by atoms with E-state index in [0.29, 0.717) is 0 Å². The van der Waals surface area contributed by atoms with Crippen LogP contribution in [0.2, 0.25) is 0 Å². The van der Waals surface area contributed by atoms with Crippen LogP contribution in [0.3, 0.4) is 0 Å². The van der Waals surface area contributed by atoms with Crippen LogP contribution >= 0.6 is 0 Å². The van der Waals surface area contributed by atoms with E-state index in [2.05, 4.69) is 48.5 Å². The molecule has 0 fully saturated rings. The van der Waals surface area contributed by atoms with Gasteiger partial charge in [-0.3, -0.25) is 0 Å². The maximum Gasteiger partial charge on any atom is -0.0184 e. The van der Waals surface area contributed by atoms with E-state index in [4.69, 9.17) is 0 Å². The number of hydrogen-bond donors (Lipinski definition) is 0. The first-order chi connectivity index (χ1) is 8.97. The molecule has 0 saturated carbocycles. The molecule has 100 valence electrons. The van der Waals surface area contributed by atoms with Crippen molar-refractivity contribution in [1.29, 1.82) is 0 Å². The van der Waals surface area contributed by atoms with Crippen LogP contribution in [0, 0.1) is 0 Å². The summed E-state index contributed by atoms with van der Waals surface area (Å²) in [6.45, 7) is 12.0. The molecule has 0 aliphatic carbocycles. The molecule has 0 aliphatic rings. The second kappa shape index (κ2) is 15.4. The zero-order valence-electron chi connectivity index (χ0n) is 12.8. The van der Waals surface area contributed by atoms with Crippen molar-refractivity contribution in [1.82, 2.24) is 0 Å². The van der Waals surface area contributed by atoms with Crippen LogP contribution in [0.1, 0.15) is 41.5 Å². The minimum absolute atomic E-state index is 1.28. The first kappa shape index (κ1) is 18.8. The van der Waals surface area contributed by atoms with Gasteiger partial charge in [0.15, 0.2) is 0 Å². The van der Waals surface area contributed by atoms with Crippen LogP contribution in [0.5, 0.6) is 0 Å². The summed E-state index contributed by atoms with van der Waals surface area (Å²) < 4.78 is 0. The smallest absolute Gasteiger partial charge is 0.0184 e. The highest BCUT2D eigenvalue weighted by molar-refractivity contribution is 5.62. The van der Waals surface area contributed by atoms with Gasteiger partial charge in [0.1, 0.15) is 0 Å². The van der Waals surface area contributed by atoms with Crippen molar-refractivity contribution in [2.45, 2.75) is 41.5 Å². The fourth-order valence-corrected chi connectivity index (χ4v) is 1.26. The molecule has 0 radical (unpaired) electrons. The molecule has 0 aliphatic heterocycles. The minimum Gasteiger partial charge on any atom is -0.0683 e. The first-order valence-electron chi connectivity index (χ1n) is 7.07. The Morgan fingerprint density at radius 1 is 0.389 bits per heavy atom. The van der Waals surface area contributed by atoms with Crippen molar-refractivity contribution in [3.63, 3.8) is 0 Å². The molecular formula is C18H28. The van der Waals surface area contributed by atoms with Gasteiger partial charge < -0.3 is 0 Å². The Labute approximate surface area is 114 Å². The summed E-state index contributed by atoms with van der Waals surface area (Å²) in [6.07, 6.45) is 0. The fourth-order valence-electron chi connectivity index (χ4n) is 1.26. The van der Waals surface area contributed by atoms with E-state index in [1.807, 2.05) is 53.7 Å². The number of hydrogen-bond acceptors (Lipinski definition) is 0. The van der Waals surface area contributed by atoms with Crippen LogP contribution < -0.4 is 0 Å². The summed E-state index contributed by atoms with van der Waals surface area (Å²) in [4.78, 5) is 0. The average molecular weight is 244 g/mol. The monoisotopic (exact) mass is 244 g/mol. The fraction of sp³-hybridized carbons (Fsp3) is 0.333. The first-order valence-corrected chi connectivity index (χ1v) is 7.07. The van der Waals surface area contributed by atoms with E-state index in [-0.39, 0.29) is 0 Å². The summed E-state index contributed by atoms with van der Waals surface area (Å²) in [5.41, 5.74) is 2.55. The number of benzene rings is 2. The molecule has 0 heterocycles. The zero-order chi connectivity index (χ0) is 14.2. The molecule has 2 rings (SSSR count). The lowest BCUT2D eigenvalue weighted by molar-refractivity contribution is 1.50. The largest absolute Gasteiger partial charge is 0.0683 e. The maximum absolute atomic E-state index is 2.12. The van der Waals surface area contributed by atoms with Crippen molar-refractivity contribution in [3.05, 3.63) is 60.7 Å². The Bertz CT molecular complexity index is 297. The van der Waals surface area contributed by atoms with Crippen molar-refractivity contribution >= 4 is 0 Å². The van der Waals surface area contributed by atoms with Gasteiger partial charge in [-0.05, 0) is 11.1 Å². The van der Waals surface area contributed by atoms with Gasteiger partial charge in [0.25, 0.3) is 0 Å². The Morgan fingerprint density at radius 3 is 0.833 bits per heavy atom. The van der Waals surface area contributed by atoms with E-state index < -0.39 is 0 Å². The summed E-state index contributed by atoms with van der Waals surface area (Å²) >= 11 is 0. The molecule has 0 N–H and O–H groups in total. The molecule has 0 nitrogen and oxygen atoms in total. The highest BCUT2D eigenvalue weighted by Crippen LogP contribution is 2.17. The minimum atomic E-state index is 1.28. The summed E-state index contributed by atoms with van der Waals surface area (Å²) in [5.74, 6) is 0. The third-order valence-electron chi connectivity index (χ3n) is 1.88. The highest BCUT2D eigenvalue weighted by atomic mass is 14.0. The molecule has 0 bridgehead atoms. The predicted octanol–water partition coefficient (Wildman–Crippen LogP) is 6.43. The van der Waals surface area contributed by atoms with Gasteiger partial charge in [-0.15, -0.1) is 0 Å². The third kappa shape index (κ3) is 7.67. The average Bonchev–Trinajstić information content (AvgIpc) is 2.55. The maximum atomic E-state index is 2.12. The van der Waals surface area contributed by atoms with Gasteiger partial charge in [-0.1, -0.05) is 102 Å². The van der Waals surface area contributed by atoms with Gasteiger partial charge in [-0.2, -0.15) is 0 Å². The molecule has 18 heavy (non-hydrogen) atoms. The van der Waals surface area contributed by atoms with Gasteiger partial charge in [0.05, 0.1) is 0 Å². The van der Waals surface area contributed by atoms with Gasteiger partial charge in [-0.25, -0.2) is 0 Å². The molecular weight excluding hydrogens is 216 g/mol. The quantitative estimate of drug-likeness (QED) is 0.542. The van der Waals surface area contributed by atoms with Crippen LogP contribution in [-0.2, 0) is 0 Å². The van der Waals surface area contributed by atoms with Crippen LogP contribution in [0.4, 0.5) is 0 Å². The molecule has 0 amide bonds. The second-order valence-corrected chi connectivity index (χ2v) is 2.73. The molecule has 0 unspecified atom stereocenters. The van der Waals surface area contributed by atoms with E-state index >= 15 is 0 Å². The predicted molar refractivity (Wildman–Crippen MR) is 85.9 cm³/mol. The van der Waals surface area contributed by atoms with Crippen LogP contribution in [-0.4, -0.2) is 0 Å². The second-order valence-electron chi connectivity index (χ2n) is 2.73. The van der Waals surface area contributed by atoms with Gasteiger partial charge in [0, 0.05) is 0 Å². The molecule has 0 spiro atoms. The summed E-state index contributed by atoms with van der Waals surface area (Å²) in [5, 5.41) is 0. The van der Waals surface area contributed by atoms with Crippen molar-refractivity contribution in [3.8, 4) is 11.1 Å². The molecule has 2 aromatic rings. The van der Waals surface area contributed by atoms with Crippen molar-refractivity contribution < 1.29 is 0 Å². The van der Waals surface area contributed by atoms with Crippen molar-refractivity contribution in [2.24, 2.45) is 0 Å². The Balaban J connectivity index is 0. The lowest BCUT2D eigenvalue weighted by Gasteiger charge is -1.98. The van der Waals surface area contributed by atoms with E-state index in [0.717, 1.165) is 0 Å². The normalized spacial score (nSPS) is 7.44. The molecule has 0 atom stereocenters. The van der Waals surface area contributed by atoms with Crippen molar-refractivity contribution in [2.75, 3.05) is 0 Å². The van der Waals surface area contributed by atoms with Gasteiger partial charge >= 0.3 is 0 Å². The SMILES string of the molecule is CC.CC.CC.c1ccc(-c2ccccc2)cc1.